The number of hydrogen-bond acceptors (Lipinski definition) is 14. The first-order valence-electron chi connectivity index (χ1n) is 22.2. The number of primary amides is 1. The number of piperidine rings is 2. The van der Waals surface area contributed by atoms with E-state index in [0.717, 1.165) is 57.5 Å². The predicted molar refractivity (Wildman–Crippen MR) is 232 cm³/mol. The zero-order valence-electron chi connectivity index (χ0n) is 35.9. The number of benzene rings is 2. The molecule has 18 nitrogen and oxygen atoms in total. The van der Waals surface area contributed by atoms with Crippen molar-refractivity contribution in [3.8, 4) is 11.5 Å². The van der Waals surface area contributed by atoms with Gasteiger partial charge in [0.05, 0.1) is 25.0 Å². The average molecular weight is 865 g/mol. The molecule has 3 aromatic rings. The summed E-state index contributed by atoms with van der Waals surface area (Å²) in [4.78, 5) is 81.2. The fourth-order valence-electron chi connectivity index (χ4n) is 10.2. The number of imide groups is 1. The number of likely N-dealkylation sites (tertiary alicyclic amines) is 2. The molecule has 0 spiro atoms. The molecule has 1 aromatic heterocycles. The summed E-state index contributed by atoms with van der Waals surface area (Å²) in [7, 11) is 1.66. The van der Waals surface area contributed by atoms with Gasteiger partial charge in [0, 0.05) is 93.9 Å². The molecule has 0 bridgehead atoms. The monoisotopic (exact) mass is 864 g/mol. The van der Waals surface area contributed by atoms with Gasteiger partial charge in [-0.15, -0.1) is 0 Å². The molecule has 5 amide bonds. The van der Waals surface area contributed by atoms with Gasteiger partial charge in [-0.2, -0.15) is 0 Å². The largest absolute Gasteiger partial charge is 0.495 e. The Labute approximate surface area is 366 Å². The lowest BCUT2D eigenvalue weighted by Gasteiger charge is -2.38. The summed E-state index contributed by atoms with van der Waals surface area (Å²) in [5.41, 5.74) is 9.36. The van der Waals surface area contributed by atoms with Gasteiger partial charge in [0.15, 0.2) is 23.9 Å². The van der Waals surface area contributed by atoms with Crippen molar-refractivity contribution >= 4 is 52.5 Å². The summed E-state index contributed by atoms with van der Waals surface area (Å²) in [6.45, 7) is 8.44. The molecule has 5 N–H and O–H groups in total. The lowest BCUT2D eigenvalue weighted by Crippen LogP contribution is -2.52. The van der Waals surface area contributed by atoms with Gasteiger partial charge in [-0.3, -0.25) is 34.2 Å². The summed E-state index contributed by atoms with van der Waals surface area (Å²) in [6, 6.07) is 11.0. The number of carbonyl (C=O) groups is 5. The molecule has 7 heterocycles. The van der Waals surface area contributed by atoms with Gasteiger partial charge in [-0.05, 0) is 74.6 Å². The van der Waals surface area contributed by atoms with Crippen molar-refractivity contribution in [2.45, 2.75) is 76.5 Å². The van der Waals surface area contributed by atoms with E-state index in [1.807, 2.05) is 30.0 Å². The van der Waals surface area contributed by atoms with Crippen LogP contribution in [0, 0.1) is 11.8 Å². The maximum Gasteiger partial charge on any atom is 0.271 e. The van der Waals surface area contributed by atoms with Gasteiger partial charge in [0.25, 0.3) is 17.7 Å². The summed E-state index contributed by atoms with van der Waals surface area (Å²) in [5.74, 6) is 1.09. The first-order chi connectivity index (χ1) is 30.6. The number of aromatic nitrogens is 2. The van der Waals surface area contributed by atoms with E-state index in [1.165, 1.54) is 4.90 Å². The Morgan fingerprint density at radius 3 is 2.40 bits per heavy atom. The fourth-order valence-corrected chi connectivity index (χ4v) is 10.2. The summed E-state index contributed by atoms with van der Waals surface area (Å²) in [6.07, 6.45) is 4.79. The van der Waals surface area contributed by atoms with Crippen LogP contribution >= 0.6 is 0 Å². The molecule has 0 aliphatic carbocycles. The van der Waals surface area contributed by atoms with Crippen molar-refractivity contribution in [1.29, 1.82) is 0 Å². The molecule has 18 heteroatoms. The molecular formula is C45H56N10O8. The number of hydrogen-bond donors (Lipinski definition) is 4. The minimum Gasteiger partial charge on any atom is -0.495 e. The molecule has 3 atom stereocenters. The average Bonchev–Trinajstić information content (AvgIpc) is 3.98. The number of aryl methyl sites for hydroxylation is 1. The molecule has 63 heavy (non-hydrogen) atoms. The number of rotatable bonds is 13. The molecule has 9 rings (SSSR count). The number of carbonyl (C=O) groups excluding carboxylic acids is 5. The van der Waals surface area contributed by atoms with Gasteiger partial charge < -0.3 is 45.3 Å². The van der Waals surface area contributed by atoms with Crippen LogP contribution in [0.1, 0.15) is 77.6 Å². The third kappa shape index (κ3) is 8.70. The summed E-state index contributed by atoms with van der Waals surface area (Å²) < 4.78 is 17.5. The molecule has 0 radical (unpaired) electrons. The topological polar surface area (TPSA) is 214 Å². The lowest BCUT2D eigenvalue weighted by atomic mass is 10.0. The van der Waals surface area contributed by atoms with E-state index in [-0.39, 0.29) is 61.3 Å². The number of nitrogens with two attached hydrogens (primary N) is 1. The quantitative estimate of drug-likeness (QED) is 0.182. The molecule has 6 aliphatic heterocycles. The second kappa shape index (κ2) is 18.0. The third-order valence-electron chi connectivity index (χ3n) is 13.6. The van der Waals surface area contributed by atoms with Crippen LogP contribution in [0.4, 0.5) is 23.0 Å². The Kier molecular flexibility index (Phi) is 12.1. The standard InChI is InChI=1S/C45H56N10O8/c1-3-33-42(47-28-13-17-62-18-14-28)51-43(40(49-33)41(46)58)48-29-7-8-34(37(19-29)61-2)52-15-11-30(12-16-52)53-20-26-22-54(23-27(26)21-53)39(57)25-63-36-6-4-5-31-32(36)24-55(45(31)60)35-9-10-38(56)50-44(35)59/h4-8,19,26-28,30,35H,3,9-18,20-25H2,1-2H3,(H2,46,58)(H2,47,48,51)(H,50,56,59). The smallest absolute Gasteiger partial charge is 0.271 e. The van der Waals surface area contributed by atoms with Crippen molar-refractivity contribution in [1.82, 2.24) is 30.0 Å². The number of nitrogens with one attached hydrogen (secondary N) is 3. The zero-order valence-corrected chi connectivity index (χ0v) is 35.9. The maximum atomic E-state index is 13.4. The van der Waals surface area contributed by atoms with Crippen LogP contribution in [0.5, 0.6) is 11.5 Å². The number of methoxy groups -OCH3 is 1. The number of nitrogens with zero attached hydrogens (tertiary/aromatic N) is 6. The second-order valence-electron chi connectivity index (χ2n) is 17.4. The van der Waals surface area contributed by atoms with Crippen molar-refractivity contribution < 1.29 is 38.2 Å². The fraction of sp³-hybridized carbons (Fsp3) is 0.533. The van der Waals surface area contributed by atoms with Gasteiger partial charge in [-0.25, -0.2) is 9.97 Å². The second-order valence-corrected chi connectivity index (χ2v) is 17.4. The molecular weight excluding hydrogens is 809 g/mol. The lowest BCUT2D eigenvalue weighted by molar-refractivity contribution is -0.137. The van der Waals surface area contributed by atoms with Crippen LogP contribution in [0.15, 0.2) is 36.4 Å². The van der Waals surface area contributed by atoms with E-state index >= 15 is 0 Å². The highest BCUT2D eigenvalue weighted by Crippen LogP contribution is 2.39. The summed E-state index contributed by atoms with van der Waals surface area (Å²) in [5, 5.41) is 9.13. The van der Waals surface area contributed by atoms with Crippen LogP contribution in [-0.4, -0.2) is 139 Å². The molecule has 0 saturated carbocycles. The van der Waals surface area contributed by atoms with Gasteiger partial charge >= 0.3 is 0 Å². The van der Waals surface area contributed by atoms with Crippen LogP contribution in [-0.2, 0) is 32.1 Å². The van der Waals surface area contributed by atoms with Crippen molar-refractivity contribution in [2.24, 2.45) is 17.6 Å². The number of ether oxygens (including phenoxy) is 3. The summed E-state index contributed by atoms with van der Waals surface area (Å²) >= 11 is 0. The number of fused-ring (bicyclic) bond motifs is 2. The Bertz CT molecular complexity index is 2260. The first-order valence-corrected chi connectivity index (χ1v) is 22.2. The molecule has 5 fully saturated rings. The van der Waals surface area contributed by atoms with E-state index in [4.69, 9.17) is 24.9 Å². The van der Waals surface area contributed by atoms with Crippen LogP contribution in [0.25, 0.3) is 0 Å². The predicted octanol–water partition coefficient (Wildman–Crippen LogP) is 2.68. The molecule has 5 saturated heterocycles. The Hall–Kier alpha value is -6.01. The van der Waals surface area contributed by atoms with Crippen LogP contribution in [0.2, 0.25) is 0 Å². The zero-order chi connectivity index (χ0) is 43.8. The van der Waals surface area contributed by atoms with E-state index in [9.17, 15) is 24.0 Å². The SMILES string of the molecule is CCc1nc(C(N)=O)c(Nc2ccc(N3CCC(N4CC5CN(C(=O)COc6cccc7c6CN(C6CCC(=O)NC6=O)C7=O)CC5C4)CC3)c(OC)c2)nc1NC1CCOCC1. The molecule has 3 unspecified atom stereocenters. The Balaban J connectivity index is 0.764. The maximum absolute atomic E-state index is 13.4. The van der Waals surface area contributed by atoms with Gasteiger partial charge in [-0.1, -0.05) is 13.0 Å². The van der Waals surface area contributed by atoms with E-state index < -0.39 is 17.9 Å². The highest BCUT2D eigenvalue weighted by molar-refractivity contribution is 6.05. The third-order valence-corrected chi connectivity index (χ3v) is 13.6. The first kappa shape index (κ1) is 42.3. The van der Waals surface area contributed by atoms with E-state index in [1.54, 1.807) is 25.3 Å². The number of anilines is 4. The van der Waals surface area contributed by atoms with Crippen LogP contribution in [0.3, 0.4) is 0 Å². The minimum absolute atomic E-state index is 0.0775. The van der Waals surface area contributed by atoms with Crippen molar-refractivity contribution in [3.63, 3.8) is 0 Å². The van der Waals surface area contributed by atoms with Gasteiger partial charge in [0.1, 0.15) is 17.5 Å². The minimum atomic E-state index is -0.718. The highest BCUT2D eigenvalue weighted by atomic mass is 16.5. The molecule has 334 valence electrons. The van der Waals surface area contributed by atoms with Crippen molar-refractivity contribution in [2.75, 3.05) is 81.7 Å². The van der Waals surface area contributed by atoms with E-state index in [0.29, 0.717) is 90.4 Å². The molecule has 6 aliphatic rings. The Morgan fingerprint density at radius 1 is 0.937 bits per heavy atom. The van der Waals surface area contributed by atoms with Gasteiger partial charge in [0.2, 0.25) is 11.8 Å². The van der Waals surface area contributed by atoms with Crippen LogP contribution < -0.4 is 36.1 Å². The Morgan fingerprint density at radius 2 is 1.70 bits per heavy atom. The normalized spacial score (nSPS) is 23.1. The number of amides is 5. The highest BCUT2D eigenvalue weighted by Gasteiger charge is 2.44. The molecule has 2 aromatic carbocycles. The van der Waals surface area contributed by atoms with Crippen molar-refractivity contribution in [3.05, 3.63) is 58.9 Å². The van der Waals surface area contributed by atoms with E-state index in [2.05, 4.69) is 30.7 Å².